The zero-order valence-electron chi connectivity index (χ0n) is 18.5. The number of rotatable bonds is 5. The van der Waals surface area contributed by atoms with Crippen molar-refractivity contribution in [1.82, 2.24) is 29.8 Å². The van der Waals surface area contributed by atoms with E-state index in [1.54, 1.807) is 9.80 Å². The summed E-state index contributed by atoms with van der Waals surface area (Å²) >= 11 is 0. The van der Waals surface area contributed by atoms with Crippen LogP contribution in [0.25, 0.3) is 10.9 Å². The molecule has 1 fully saturated rings. The fraction of sp³-hybridized carbons (Fsp3) is 0.429. The van der Waals surface area contributed by atoms with Crippen molar-refractivity contribution in [1.29, 1.82) is 0 Å². The maximum atomic E-state index is 13.1. The lowest BCUT2D eigenvalue weighted by Crippen LogP contribution is -2.40. The Morgan fingerprint density at radius 3 is 2.72 bits per heavy atom. The number of H-pyrrole nitrogens is 1. The van der Waals surface area contributed by atoms with Gasteiger partial charge < -0.3 is 24.3 Å². The van der Waals surface area contributed by atoms with Gasteiger partial charge in [0.25, 0.3) is 11.5 Å². The fourth-order valence-electron chi connectivity index (χ4n) is 3.77. The molecule has 4 rings (SSSR count). The molecule has 1 amide bonds. The van der Waals surface area contributed by atoms with Gasteiger partial charge >= 0.3 is 6.01 Å². The molecular weight excluding hydrogens is 414 g/mol. The van der Waals surface area contributed by atoms with E-state index < -0.39 is 0 Å². The minimum Gasteiger partial charge on any atom is -0.481 e. The van der Waals surface area contributed by atoms with Gasteiger partial charge in [-0.05, 0) is 18.9 Å². The van der Waals surface area contributed by atoms with E-state index in [9.17, 15) is 9.59 Å². The van der Waals surface area contributed by atoms with Crippen LogP contribution in [-0.2, 0) is 0 Å². The van der Waals surface area contributed by atoms with E-state index in [0.717, 1.165) is 18.5 Å². The number of ether oxygens (including phenoxy) is 2. The molecule has 0 saturated carbocycles. The lowest BCUT2D eigenvalue weighted by molar-refractivity contribution is 0.0698. The van der Waals surface area contributed by atoms with Gasteiger partial charge in [0.15, 0.2) is 0 Å². The largest absolute Gasteiger partial charge is 0.481 e. The number of anilines is 1. The quantitative estimate of drug-likeness (QED) is 0.624. The highest BCUT2D eigenvalue weighted by atomic mass is 16.5. The molecular formula is C21H25N7O4. The average molecular weight is 439 g/mol. The third-order valence-electron chi connectivity index (χ3n) is 5.44. The van der Waals surface area contributed by atoms with E-state index in [0.29, 0.717) is 29.9 Å². The molecule has 1 aliphatic heterocycles. The van der Waals surface area contributed by atoms with Crippen LogP contribution < -0.4 is 19.9 Å². The van der Waals surface area contributed by atoms with Crippen molar-refractivity contribution in [2.24, 2.45) is 0 Å². The minimum absolute atomic E-state index is 0.0341. The van der Waals surface area contributed by atoms with Gasteiger partial charge in [-0.3, -0.25) is 9.59 Å². The second-order valence-corrected chi connectivity index (χ2v) is 7.79. The first-order valence-corrected chi connectivity index (χ1v) is 10.2. The minimum atomic E-state index is -0.242. The van der Waals surface area contributed by atoms with Crippen LogP contribution in [0, 0.1) is 0 Å². The number of nitrogens with zero attached hydrogens (tertiary/aromatic N) is 6. The number of amides is 1. The predicted octanol–water partition coefficient (Wildman–Crippen LogP) is 1.21. The Balaban J connectivity index is 1.62. The molecule has 168 valence electrons. The van der Waals surface area contributed by atoms with Crippen molar-refractivity contribution in [2.45, 2.75) is 18.8 Å². The molecule has 4 heterocycles. The summed E-state index contributed by atoms with van der Waals surface area (Å²) in [5.41, 5.74) is 1.29. The van der Waals surface area contributed by atoms with Crippen LogP contribution in [0.2, 0.25) is 0 Å². The Morgan fingerprint density at radius 1 is 1.19 bits per heavy atom. The standard InChI is InChI=1S/C21H25N7O4/c1-27(2)20-22-10-13-15(24-20)8-14(23-18(13)29)12-6-5-7-28(11-12)19(30)16-9-17(31-3)26-21(25-16)32-4/h8-10,12H,5-7,11H2,1-4H3,(H,23,29). The SMILES string of the molecule is COc1cc(C(=O)N2CCCC(c3cc4nc(N(C)C)ncc4c(=O)[nH]3)C2)nc(OC)n1. The lowest BCUT2D eigenvalue weighted by atomic mass is 9.93. The van der Waals surface area contributed by atoms with Gasteiger partial charge in [0, 0.05) is 51.1 Å². The van der Waals surface area contributed by atoms with Crippen molar-refractivity contribution >= 4 is 22.8 Å². The predicted molar refractivity (Wildman–Crippen MR) is 118 cm³/mol. The van der Waals surface area contributed by atoms with Crippen molar-refractivity contribution in [3.8, 4) is 11.9 Å². The number of carbonyl (C=O) groups excluding carboxylic acids is 1. The number of hydrogen-bond acceptors (Lipinski definition) is 9. The number of aromatic nitrogens is 5. The number of carbonyl (C=O) groups is 1. The molecule has 0 aromatic carbocycles. The van der Waals surface area contributed by atoms with Crippen molar-refractivity contribution < 1.29 is 14.3 Å². The summed E-state index contributed by atoms with van der Waals surface area (Å²) in [4.78, 5) is 49.1. The van der Waals surface area contributed by atoms with E-state index in [1.807, 2.05) is 20.2 Å². The van der Waals surface area contributed by atoms with Crippen LogP contribution in [0.1, 0.15) is 34.9 Å². The highest BCUT2D eigenvalue weighted by Crippen LogP contribution is 2.28. The summed E-state index contributed by atoms with van der Waals surface area (Å²) in [5.74, 6) is 0.507. The average Bonchev–Trinajstić information content (AvgIpc) is 2.82. The smallest absolute Gasteiger partial charge is 0.320 e. The topological polar surface area (TPSA) is 126 Å². The number of aromatic amines is 1. The Labute approximate surface area is 184 Å². The van der Waals surface area contributed by atoms with Crippen LogP contribution >= 0.6 is 0 Å². The lowest BCUT2D eigenvalue weighted by Gasteiger charge is -2.32. The molecule has 1 atom stereocenters. The molecule has 11 nitrogen and oxygen atoms in total. The molecule has 3 aromatic rings. The number of methoxy groups -OCH3 is 2. The van der Waals surface area contributed by atoms with E-state index in [4.69, 9.17) is 9.47 Å². The Bertz CT molecular complexity index is 1190. The summed E-state index contributed by atoms with van der Waals surface area (Å²) < 4.78 is 10.2. The first kappa shape index (κ1) is 21.5. The van der Waals surface area contributed by atoms with Gasteiger partial charge in [-0.15, -0.1) is 0 Å². The highest BCUT2D eigenvalue weighted by molar-refractivity contribution is 5.92. The van der Waals surface area contributed by atoms with Gasteiger partial charge in [-0.2, -0.15) is 9.97 Å². The molecule has 0 bridgehead atoms. The summed E-state index contributed by atoms with van der Waals surface area (Å²) in [7, 11) is 6.59. The highest BCUT2D eigenvalue weighted by Gasteiger charge is 2.28. The number of piperidine rings is 1. The Kier molecular flexibility index (Phi) is 5.89. The number of hydrogen-bond donors (Lipinski definition) is 1. The normalized spacial score (nSPS) is 16.1. The molecule has 1 aliphatic rings. The Hall–Kier alpha value is -3.76. The summed E-state index contributed by atoms with van der Waals surface area (Å²) in [6, 6.07) is 3.43. The van der Waals surface area contributed by atoms with Crippen LogP contribution in [0.5, 0.6) is 11.9 Å². The first-order chi connectivity index (χ1) is 15.4. The van der Waals surface area contributed by atoms with Crippen LogP contribution in [0.15, 0.2) is 23.1 Å². The second kappa shape index (κ2) is 8.77. The molecule has 0 spiro atoms. The summed E-state index contributed by atoms with van der Waals surface area (Å²) in [6.45, 7) is 1.04. The van der Waals surface area contributed by atoms with Crippen molar-refractivity contribution in [3.63, 3.8) is 0 Å². The van der Waals surface area contributed by atoms with E-state index in [1.165, 1.54) is 26.5 Å². The number of pyridine rings is 1. The Morgan fingerprint density at radius 2 is 2.00 bits per heavy atom. The fourth-order valence-corrected chi connectivity index (χ4v) is 3.77. The van der Waals surface area contributed by atoms with Crippen LogP contribution in [-0.4, -0.2) is 77.1 Å². The van der Waals surface area contributed by atoms with Gasteiger partial charge in [-0.25, -0.2) is 9.97 Å². The monoisotopic (exact) mass is 439 g/mol. The van der Waals surface area contributed by atoms with E-state index in [2.05, 4.69) is 24.9 Å². The zero-order chi connectivity index (χ0) is 22.8. The van der Waals surface area contributed by atoms with E-state index in [-0.39, 0.29) is 35.0 Å². The molecule has 1 unspecified atom stereocenters. The van der Waals surface area contributed by atoms with Crippen molar-refractivity contribution in [3.05, 3.63) is 40.1 Å². The number of fused-ring (bicyclic) bond motifs is 1. The number of nitrogens with one attached hydrogen (secondary N) is 1. The molecule has 1 saturated heterocycles. The molecule has 0 aliphatic carbocycles. The maximum absolute atomic E-state index is 13.1. The number of likely N-dealkylation sites (tertiary alicyclic amines) is 1. The van der Waals surface area contributed by atoms with E-state index >= 15 is 0 Å². The maximum Gasteiger partial charge on any atom is 0.320 e. The third kappa shape index (κ3) is 4.18. The van der Waals surface area contributed by atoms with Crippen molar-refractivity contribution in [2.75, 3.05) is 46.3 Å². The summed E-state index contributed by atoms with van der Waals surface area (Å²) in [5, 5.41) is 0.434. The van der Waals surface area contributed by atoms with Gasteiger partial charge in [0.2, 0.25) is 11.8 Å². The molecule has 0 radical (unpaired) electrons. The van der Waals surface area contributed by atoms with Crippen LogP contribution in [0.4, 0.5) is 5.95 Å². The summed E-state index contributed by atoms with van der Waals surface area (Å²) in [6.07, 6.45) is 3.17. The molecule has 3 aromatic heterocycles. The molecule has 32 heavy (non-hydrogen) atoms. The van der Waals surface area contributed by atoms with Gasteiger partial charge in [0.05, 0.1) is 25.1 Å². The van der Waals surface area contributed by atoms with Gasteiger partial charge in [-0.1, -0.05) is 0 Å². The third-order valence-corrected chi connectivity index (χ3v) is 5.44. The second-order valence-electron chi connectivity index (χ2n) is 7.79. The zero-order valence-corrected chi connectivity index (χ0v) is 18.5. The molecule has 11 heteroatoms. The van der Waals surface area contributed by atoms with Gasteiger partial charge in [0.1, 0.15) is 5.69 Å². The van der Waals surface area contributed by atoms with Crippen LogP contribution in [0.3, 0.4) is 0 Å². The molecule has 1 N–H and O–H groups in total. The first-order valence-electron chi connectivity index (χ1n) is 10.2.